The summed E-state index contributed by atoms with van der Waals surface area (Å²) in [6, 6.07) is 0. The van der Waals surface area contributed by atoms with Crippen LogP contribution in [0.5, 0.6) is 0 Å². The highest BCUT2D eigenvalue weighted by Gasteiger charge is 2.63. The predicted molar refractivity (Wildman–Crippen MR) is 49.8 cm³/mol. The molecule has 0 spiro atoms. The monoisotopic (exact) mass is 211 g/mol. The third-order valence-corrected chi connectivity index (χ3v) is 3.51. The van der Waals surface area contributed by atoms with E-state index in [-0.39, 0.29) is 30.1 Å². The molecule has 1 aliphatic carbocycles. The Morgan fingerprint density at radius 2 is 1.93 bits per heavy atom. The summed E-state index contributed by atoms with van der Waals surface area (Å²) in [5.74, 6) is -2.20. The molecular formula is C10H13NO4. The summed E-state index contributed by atoms with van der Waals surface area (Å²) in [4.78, 5) is 35.5. The van der Waals surface area contributed by atoms with Gasteiger partial charge in [-0.05, 0) is 19.8 Å². The number of carbonyl (C=O) groups excluding carboxylic acids is 2. The van der Waals surface area contributed by atoms with Crippen LogP contribution in [0.4, 0.5) is 0 Å². The number of aliphatic carboxylic acids is 1. The molecule has 5 nitrogen and oxygen atoms in total. The zero-order valence-corrected chi connectivity index (χ0v) is 8.69. The summed E-state index contributed by atoms with van der Waals surface area (Å²) < 4.78 is 0. The second kappa shape index (κ2) is 2.81. The zero-order chi connectivity index (χ0) is 11.4. The van der Waals surface area contributed by atoms with Crippen molar-refractivity contribution in [1.82, 2.24) is 4.90 Å². The van der Waals surface area contributed by atoms with Crippen LogP contribution in [-0.4, -0.2) is 33.3 Å². The minimum absolute atomic E-state index is 0.234. The fourth-order valence-corrected chi connectivity index (χ4v) is 2.07. The summed E-state index contributed by atoms with van der Waals surface area (Å²) in [5.41, 5.74) is -1.37. The van der Waals surface area contributed by atoms with Crippen molar-refractivity contribution in [3.05, 3.63) is 0 Å². The van der Waals surface area contributed by atoms with Crippen LogP contribution in [0, 0.1) is 11.8 Å². The van der Waals surface area contributed by atoms with Gasteiger partial charge in [-0.15, -0.1) is 0 Å². The molecule has 3 atom stereocenters. The Hall–Kier alpha value is -1.39. The molecule has 0 aromatic rings. The molecule has 1 N–H and O–H groups in total. The van der Waals surface area contributed by atoms with E-state index in [1.165, 1.54) is 6.92 Å². The summed E-state index contributed by atoms with van der Waals surface area (Å²) in [6.45, 7) is 3.09. The molecule has 0 aromatic heterocycles. The minimum atomic E-state index is -1.37. The van der Waals surface area contributed by atoms with Crippen LogP contribution in [0.3, 0.4) is 0 Å². The van der Waals surface area contributed by atoms with Gasteiger partial charge in [0.25, 0.3) is 0 Å². The number of piperidine rings is 1. The molecule has 0 aromatic carbocycles. The quantitative estimate of drug-likeness (QED) is 0.679. The Kier molecular flexibility index (Phi) is 1.90. The molecule has 1 saturated carbocycles. The number of likely N-dealkylation sites (tertiary alicyclic amines) is 1. The highest BCUT2D eigenvalue weighted by atomic mass is 16.4. The normalized spacial score (nSPS) is 32.5. The van der Waals surface area contributed by atoms with Crippen LogP contribution < -0.4 is 0 Å². The van der Waals surface area contributed by atoms with E-state index in [9.17, 15) is 14.4 Å². The Morgan fingerprint density at radius 3 is 2.27 bits per heavy atom. The lowest BCUT2D eigenvalue weighted by molar-refractivity contribution is -0.163. The smallest absolute Gasteiger partial charge is 0.329 e. The maximum Gasteiger partial charge on any atom is 0.329 e. The van der Waals surface area contributed by atoms with E-state index in [4.69, 9.17) is 5.11 Å². The lowest BCUT2D eigenvalue weighted by Gasteiger charge is -2.33. The van der Waals surface area contributed by atoms with Gasteiger partial charge in [0.15, 0.2) is 0 Å². The maximum absolute atomic E-state index is 11.7. The van der Waals surface area contributed by atoms with Crippen molar-refractivity contribution in [2.24, 2.45) is 11.8 Å². The fraction of sp³-hybridized carbons (Fsp3) is 0.700. The standard InChI is InChI=1S/C10H13NO4/c1-3-10(2,9(14)15)11-7(12)5-4-6(5)8(11)13/h5-6H,3-4H2,1-2H3,(H,14,15). The van der Waals surface area contributed by atoms with Crippen molar-refractivity contribution in [2.75, 3.05) is 0 Å². The molecule has 1 saturated heterocycles. The molecule has 2 amide bonds. The summed E-state index contributed by atoms with van der Waals surface area (Å²) in [5, 5.41) is 9.08. The first-order valence-corrected chi connectivity index (χ1v) is 5.04. The van der Waals surface area contributed by atoms with E-state index in [1.807, 2.05) is 0 Å². The van der Waals surface area contributed by atoms with Crippen molar-refractivity contribution in [3.8, 4) is 0 Å². The Labute approximate surface area is 87.1 Å². The predicted octanol–water partition coefficient (Wildman–Crippen LogP) is 0.245. The van der Waals surface area contributed by atoms with Crippen molar-refractivity contribution < 1.29 is 19.5 Å². The summed E-state index contributed by atoms with van der Waals surface area (Å²) in [7, 11) is 0. The number of hydrogen-bond acceptors (Lipinski definition) is 3. The van der Waals surface area contributed by atoms with Crippen molar-refractivity contribution in [3.63, 3.8) is 0 Å². The van der Waals surface area contributed by atoms with Gasteiger partial charge in [-0.25, -0.2) is 4.79 Å². The topological polar surface area (TPSA) is 74.7 Å². The van der Waals surface area contributed by atoms with E-state index in [1.54, 1.807) is 6.92 Å². The van der Waals surface area contributed by atoms with Gasteiger partial charge in [-0.2, -0.15) is 0 Å². The number of amides is 2. The lowest BCUT2D eigenvalue weighted by atomic mass is 9.96. The third kappa shape index (κ3) is 1.12. The maximum atomic E-state index is 11.7. The second-order valence-electron chi connectivity index (χ2n) is 4.39. The van der Waals surface area contributed by atoms with Crippen LogP contribution >= 0.6 is 0 Å². The Balaban J connectivity index is 2.34. The van der Waals surface area contributed by atoms with Crippen molar-refractivity contribution >= 4 is 17.8 Å². The highest BCUT2D eigenvalue weighted by molar-refractivity contribution is 6.11. The number of fused-ring (bicyclic) bond motifs is 1. The largest absolute Gasteiger partial charge is 0.479 e. The van der Waals surface area contributed by atoms with Crippen molar-refractivity contribution in [1.29, 1.82) is 0 Å². The zero-order valence-electron chi connectivity index (χ0n) is 8.69. The molecule has 2 fully saturated rings. The number of carboxylic acids is 1. The molecule has 1 aliphatic heterocycles. The van der Waals surface area contributed by atoms with Crippen LogP contribution in [0.2, 0.25) is 0 Å². The van der Waals surface area contributed by atoms with Crippen LogP contribution in [-0.2, 0) is 14.4 Å². The average molecular weight is 211 g/mol. The van der Waals surface area contributed by atoms with Gasteiger partial charge < -0.3 is 5.11 Å². The number of imide groups is 1. The number of carbonyl (C=O) groups is 3. The first-order valence-electron chi connectivity index (χ1n) is 5.04. The molecule has 5 heteroatoms. The molecule has 1 heterocycles. The molecule has 2 rings (SSSR count). The van der Waals surface area contributed by atoms with Crippen LogP contribution in [0.15, 0.2) is 0 Å². The van der Waals surface area contributed by atoms with E-state index in [2.05, 4.69) is 0 Å². The second-order valence-corrected chi connectivity index (χ2v) is 4.39. The van der Waals surface area contributed by atoms with Crippen LogP contribution in [0.25, 0.3) is 0 Å². The SMILES string of the molecule is CCC(C)(C(=O)O)N1C(=O)C2CC2C1=O. The molecule has 0 bridgehead atoms. The lowest BCUT2D eigenvalue weighted by Crippen LogP contribution is -2.55. The molecule has 2 aliphatic rings. The minimum Gasteiger partial charge on any atom is -0.479 e. The first kappa shape index (κ1) is 10.1. The molecule has 0 radical (unpaired) electrons. The highest BCUT2D eigenvalue weighted by Crippen LogP contribution is 2.49. The first-order chi connectivity index (χ1) is 6.93. The van der Waals surface area contributed by atoms with Gasteiger partial charge in [0.05, 0.1) is 11.8 Å². The molecular weight excluding hydrogens is 198 g/mol. The van der Waals surface area contributed by atoms with E-state index >= 15 is 0 Å². The Morgan fingerprint density at radius 1 is 1.47 bits per heavy atom. The van der Waals surface area contributed by atoms with Gasteiger partial charge in [-0.1, -0.05) is 6.92 Å². The number of nitrogens with zero attached hydrogens (tertiary/aromatic N) is 1. The molecule has 15 heavy (non-hydrogen) atoms. The van der Waals surface area contributed by atoms with E-state index in [0.29, 0.717) is 6.42 Å². The van der Waals surface area contributed by atoms with Gasteiger partial charge in [0.1, 0.15) is 5.54 Å². The summed E-state index contributed by atoms with van der Waals surface area (Å²) >= 11 is 0. The third-order valence-electron chi connectivity index (χ3n) is 3.51. The van der Waals surface area contributed by atoms with Gasteiger partial charge in [0.2, 0.25) is 11.8 Å². The Bertz CT molecular complexity index is 344. The van der Waals surface area contributed by atoms with E-state index < -0.39 is 11.5 Å². The van der Waals surface area contributed by atoms with Gasteiger partial charge >= 0.3 is 5.97 Å². The number of carboxylic acid groups (broad SMARTS) is 1. The number of rotatable bonds is 3. The molecule has 3 unspecified atom stereocenters. The summed E-state index contributed by atoms with van der Waals surface area (Å²) in [6.07, 6.45) is 0.840. The number of hydrogen-bond donors (Lipinski definition) is 1. The van der Waals surface area contributed by atoms with E-state index in [0.717, 1.165) is 4.90 Å². The van der Waals surface area contributed by atoms with Crippen LogP contribution in [0.1, 0.15) is 26.7 Å². The fourth-order valence-electron chi connectivity index (χ4n) is 2.07. The van der Waals surface area contributed by atoms with Gasteiger partial charge in [0, 0.05) is 0 Å². The molecule has 82 valence electrons. The van der Waals surface area contributed by atoms with Crippen molar-refractivity contribution in [2.45, 2.75) is 32.2 Å². The van der Waals surface area contributed by atoms with Gasteiger partial charge in [-0.3, -0.25) is 14.5 Å². The average Bonchev–Trinajstić information content (AvgIpc) is 2.91.